The Kier molecular flexibility index (Phi) is 4.30. The highest BCUT2D eigenvalue weighted by Crippen LogP contribution is 2.27. The Morgan fingerprint density at radius 2 is 2.15 bits per heavy atom. The van der Waals surface area contributed by atoms with Crippen LogP contribution in [0, 0.1) is 6.92 Å². The first kappa shape index (κ1) is 14.8. The molecule has 2 rings (SSSR count). The van der Waals surface area contributed by atoms with Crippen LogP contribution in [0.5, 0.6) is 0 Å². The van der Waals surface area contributed by atoms with Gasteiger partial charge in [-0.25, -0.2) is 4.98 Å². The Morgan fingerprint density at radius 1 is 1.45 bits per heavy atom. The molecule has 2 heterocycles. The van der Waals surface area contributed by atoms with Crippen LogP contribution in [0.1, 0.15) is 28.5 Å². The monoisotopic (exact) mass is 312 g/mol. The van der Waals surface area contributed by atoms with E-state index in [1.165, 1.54) is 0 Å². The number of halogens is 2. The molecule has 2 aromatic heterocycles. The van der Waals surface area contributed by atoms with Crippen LogP contribution in [0.25, 0.3) is 0 Å². The lowest BCUT2D eigenvalue weighted by Crippen LogP contribution is -2.14. The van der Waals surface area contributed by atoms with E-state index in [-0.39, 0.29) is 11.1 Å². The summed E-state index contributed by atoms with van der Waals surface area (Å²) in [5, 5.41) is 7.47. The summed E-state index contributed by atoms with van der Waals surface area (Å²) in [5.41, 5.74) is 2.48. The quantitative estimate of drug-likeness (QED) is 0.885. The Balaban J connectivity index is 2.32. The molecule has 2 aromatic rings. The largest absolute Gasteiger partial charge is 0.319 e. The first-order valence-electron chi connectivity index (χ1n) is 6.09. The molecule has 7 heteroatoms. The van der Waals surface area contributed by atoms with E-state index in [1.807, 2.05) is 6.92 Å². The molecule has 0 saturated heterocycles. The third-order valence-corrected chi connectivity index (χ3v) is 3.33. The fourth-order valence-electron chi connectivity index (χ4n) is 1.91. The Labute approximate surface area is 126 Å². The van der Waals surface area contributed by atoms with Gasteiger partial charge in [0.25, 0.3) is 5.91 Å². The number of nitrogens with one attached hydrogen (secondary N) is 1. The van der Waals surface area contributed by atoms with Gasteiger partial charge in [-0.1, -0.05) is 30.1 Å². The molecule has 0 spiro atoms. The van der Waals surface area contributed by atoms with Gasteiger partial charge in [-0.3, -0.25) is 9.48 Å². The average Bonchev–Trinajstić information content (AvgIpc) is 2.75. The van der Waals surface area contributed by atoms with Crippen LogP contribution in [0.4, 0.5) is 5.69 Å². The SMILES string of the molecule is CCc1nn(C)cc1C(=O)Nc1c(C)cc(Cl)nc1Cl. The van der Waals surface area contributed by atoms with Crippen molar-refractivity contribution in [2.75, 3.05) is 5.32 Å². The van der Waals surface area contributed by atoms with Crippen LogP contribution < -0.4 is 5.32 Å². The summed E-state index contributed by atoms with van der Waals surface area (Å²) in [6.07, 6.45) is 2.36. The number of aromatic nitrogens is 3. The van der Waals surface area contributed by atoms with Crippen molar-refractivity contribution in [3.05, 3.63) is 39.4 Å². The summed E-state index contributed by atoms with van der Waals surface area (Å²) >= 11 is 11.8. The molecule has 0 aliphatic rings. The minimum Gasteiger partial charge on any atom is -0.319 e. The van der Waals surface area contributed by atoms with Gasteiger partial charge < -0.3 is 5.32 Å². The Bertz CT molecular complexity index is 643. The fraction of sp³-hybridized carbons (Fsp3) is 0.308. The van der Waals surface area contributed by atoms with E-state index in [0.29, 0.717) is 22.8 Å². The second-order valence-electron chi connectivity index (χ2n) is 4.40. The zero-order valence-corrected chi connectivity index (χ0v) is 12.9. The van der Waals surface area contributed by atoms with Crippen molar-refractivity contribution in [2.45, 2.75) is 20.3 Å². The van der Waals surface area contributed by atoms with Crippen LogP contribution in [0.15, 0.2) is 12.3 Å². The van der Waals surface area contributed by atoms with Gasteiger partial charge >= 0.3 is 0 Å². The minimum absolute atomic E-state index is 0.172. The summed E-state index contributed by atoms with van der Waals surface area (Å²) in [5.74, 6) is -0.260. The number of pyridine rings is 1. The lowest BCUT2D eigenvalue weighted by Gasteiger charge is -2.10. The molecule has 106 valence electrons. The van der Waals surface area contributed by atoms with Crippen LogP contribution in [-0.4, -0.2) is 20.7 Å². The number of amides is 1. The first-order valence-corrected chi connectivity index (χ1v) is 6.84. The van der Waals surface area contributed by atoms with E-state index in [4.69, 9.17) is 23.2 Å². The number of anilines is 1. The highest BCUT2D eigenvalue weighted by atomic mass is 35.5. The molecule has 5 nitrogen and oxygen atoms in total. The van der Waals surface area contributed by atoms with Crippen molar-refractivity contribution < 1.29 is 4.79 Å². The molecule has 20 heavy (non-hydrogen) atoms. The Morgan fingerprint density at radius 3 is 2.75 bits per heavy atom. The van der Waals surface area contributed by atoms with Gasteiger partial charge in [0.05, 0.1) is 16.9 Å². The number of hydrogen-bond donors (Lipinski definition) is 1. The predicted octanol–water partition coefficient (Wildman–Crippen LogP) is 3.25. The summed E-state index contributed by atoms with van der Waals surface area (Å²) in [4.78, 5) is 16.2. The second kappa shape index (κ2) is 5.81. The van der Waals surface area contributed by atoms with Gasteiger partial charge in [0.1, 0.15) is 5.15 Å². The van der Waals surface area contributed by atoms with Gasteiger partial charge in [0.15, 0.2) is 5.15 Å². The molecule has 0 fully saturated rings. The molecule has 0 aliphatic heterocycles. The first-order chi connectivity index (χ1) is 9.42. The third kappa shape index (κ3) is 2.94. The molecule has 0 radical (unpaired) electrons. The Hall–Kier alpha value is -1.59. The van der Waals surface area contributed by atoms with Crippen LogP contribution in [0.3, 0.4) is 0 Å². The van der Waals surface area contributed by atoms with Crippen molar-refractivity contribution in [1.82, 2.24) is 14.8 Å². The highest BCUT2D eigenvalue weighted by Gasteiger charge is 2.17. The smallest absolute Gasteiger partial charge is 0.259 e. The normalized spacial score (nSPS) is 10.7. The van der Waals surface area contributed by atoms with E-state index in [0.717, 1.165) is 11.3 Å². The molecule has 0 atom stereocenters. The molecule has 1 amide bonds. The van der Waals surface area contributed by atoms with Crippen LogP contribution >= 0.6 is 23.2 Å². The van der Waals surface area contributed by atoms with Gasteiger partial charge in [-0.2, -0.15) is 5.10 Å². The van der Waals surface area contributed by atoms with Crippen molar-refractivity contribution in [3.8, 4) is 0 Å². The number of carbonyl (C=O) groups is 1. The average molecular weight is 313 g/mol. The predicted molar refractivity (Wildman–Crippen MR) is 79.5 cm³/mol. The molecular formula is C13H14Cl2N4O. The zero-order valence-electron chi connectivity index (χ0n) is 11.4. The summed E-state index contributed by atoms with van der Waals surface area (Å²) in [6, 6.07) is 1.65. The van der Waals surface area contributed by atoms with Crippen LogP contribution in [-0.2, 0) is 13.5 Å². The van der Waals surface area contributed by atoms with Crippen molar-refractivity contribution in [3.63, 3.8) is 0 Å². The molecule has 0 aliphatic carbocycles. The summed E-state index contributed by atoms with van der Waals surface area (Å²) in [7, 11) is 1.78. The van der Waals surface area contributed by atoms with Gasteiger partial charge in [0.2, 0.25) is 0 Å². The van der Waals surface area contributed by atoms with Gasteiger partial charge in [0, 0.05) is 13.2 Å². The third-order valence-electron chi connectivity index (χ3n) is 2.86. The molecule has 0 unspecified atom stereocenters. The minimum atomic E-state index is -0.260. The molecule has 0 bridgehead atoms. The molecular weight excluding hydrogens is 299 g/mol. The molecule has 1 N–H and O–H groups in total. The standard InChI is InChI=1S/C13H14Cl2N4O/c1-4-9-8(6-19(3)18-9)13(20)17-11-7(2)5-10(14)16-12(11)15/h5-6H,4H2,1-3H3,(H,17,20). The van der Waals surface area contributed by atoms with E-state index < -0.39 is 0 Å². The number of carbonyl (C=O) groups excluding carboxylic acids is 1. The van der Waals surface area contributed by atoms with E-state index in [9.17, 15) is 4.79 Å². The molecule has 0 aromatic carbocycles. The van der Waals surface area contributed by atoms with E-state index >= 15 is 0 Å². The van der Waals surface area contributed by atoms with Crippen molar-refractivity contribution in [2.24, 2.45) is 7.05 Å². The lowest BCUT2D eigenvalue weighted by atomic mass is 10.2. The van der Waals surface area contributed by atoms with E-state index in [1.54, 1.807) is 30.9 Å². The second-order valence-corrected chi connectivity index (χ2v) is 5.14. The maximum absolute atomic E-state index is 12.3. The van der Waals surface area contributed by atoms with E-state index in [2.05, 4.69) is 15.4 Å². The van der Waals surface area contributed by atoms with Crippen molar-refractivity contribution >= 4 is 34.8 Å². The van der Waals surface area contributed by atoms with Crippen molar-refractivity contribution in [1.29, 1.82) is 0 Å². The number of aryl methyl sites for hydroxylation is 3. The fourth-order valence-corrected chi connectivity index (χ4v) is 2.49. The molecule has 0 saturated carbocycles. The topological polar surface area (TPSA) is 59.8 Å². The number of rotatable bonds is 3. The van der Waals surface area contributed by atoms with Gasteiger partial charge in [-0.15, -0.1) is 0 Å². The summed E-state index contributed by atoms with van der Waals surface area (Å²) < 4.78 is 1.61. The number of nitrogens with zero attached hydrogens (tertiary/aromatic N) is 3. The highest BCUT2D eigenvalue weighted by molar-refractivity contribution is 6.35. The maximum atomic E-state index is 12.3. The number of hydrogen-bond acceptors (Lipinski definition) is 3. The van der Waals surface area contributed by atoms with Gasteiger partial charge in [-0.05, 0) is 25.0 Å². The summed E-state index contributed by atoms with van der Waals surface area (Å²) in [6.45, 7) is 3.75. The lowest BCUT2D eigenvalue weighted by molar-refractivity contribution is 0.102. The zero-order chi connectivity index (χ0) is 14.9. The van der Waals surface area contributed by atoms with Crippen LogP contribution in [0.2, 0.25) is 10.3 Å². The maximum Gasteiger partial charge on any atom is 0.259 e.